The van der Waals surface area contributed by atoms with E-state index in [-0.39, 0.29) is 6.09 Å². The Kier molecular flexibility index (Phi) is 6.96. The number of hydrogen-bond acceptors (Lipinski definition) is 4. The maximum atomic E-state index is 12.1. The molecular weight excluding hydrogens is 340 g/mol. The number of rotatable bonds is 6. The van der Waals surface area contributed by atoms with Crippen molar-refractivity contribution in [1.29, 1.82) is 0 Å². The van der Waals surface area contributed by atoms with E-state index < -0.39 is 5.60 Å². The second-order valence-corrected chi connectivity index (χ2v) is 7.83. The van der Waals surface area contributed by atoms with Gasteiger partial charge in [0.2, 0.25) is 0 Å². The molecule has 1 amide bonds. The van der Waals surface area contributed by atoms with Crippen molar-refractivity contribution in [1.82, 2.24) is 10.2 Å². The molecule has 1 aliphatic rings. The van der Waals surface area contributed by atoms with E-state index >= 15 is 0 Å². The molecule has 0 unspecified atom stereocenters. The Hall–Kier alpha value is -1.46. The molecule has 0 radical (unpaired) electrons. The van der Waals surface area contributed by atoms with Crippen LogP contribution in [0.3, 0.4) is 0 Å². The highest BCUT2D eigenvalue weighted by atomic mass is 35.5. The highest BCUT2D eigenvalue weighted by Crippen LogP contribution is 2.23. The zero-order valence-corrected chi connectivity index (χ0v) is 16.4. The summed E-state index contributed by atoms with van der Waals surface area (Å²) in [5.41, 5.74) is 0.603. The minimum Gasteiger partial charge on any atom is -0.494 e. The number of nitrogens with one attached hydrogen (secondary N) is 1. The zero-order valence-electron chi connectivity index (χ0n) is 15.6. The van der Waals surface area contributed by atoms with Crippen molar-refractivity contribution >= 4 is 17.7 Å². The molecule has 1 aliphatic heterocycles. The number of ether oxygens (including phenoxy) is 2. The molecule has 1 heterocycles. The number of benzene rings is 1. The summed E-state index contributed by atoms with van der Waals surface area (Å²) in [4.78, 5) is 13.9. The second kappa shape index (κ2) is 8.77. The number of carbonyl (C=O) groups is 1. The van der Waals surface area contributed by atoms with Crippen LogP contribution in [0.15, 0.2) is 18.2 Å². The Morgan fingerprint density at radius 3 is 2.84 bits per heavy atom. The Morgan fingerprint density at radius 1 is 1.40 bits per heavy atom. The van der Waals surface area contributed by atoms with Crippen molar-refractivity contribution in [2.24, 2.45) is 5.92 Å². The van der Waals surface area contributed by atoms with Crippen molar-refractivity contribution in [3.63, 3.8) is 0 Å². The lowest BCUT2D eigenvalue weighted by Gasteiger charge is -2.24. The molecular formula is C19H29ClN2O3. The van der Waals surface area contributed by atoms with Gasteiger partial charge in [0.25, 0.3) is 0 Å². The molecule has 1 saturated heterocycles. The number of likely N-dealkylation sites (tertiary alicyclic amines) is 1. The van der Waals surface area contributed by atoms with Crippen LogP contribution < -0.4 is 10.1 Å². The number of amides is 1. The number of halogens is 1. The van der Waals surface area contributed by atoms with E-state index in [0.717, 1.165) is 37.4 Å². The molecule has 140 valence electrons. The average Bonchev–Trinajstić information content (AvgIpc) is 2.97. The Labute approximate surface area is 155 Å². The molecule has 2 rings (SSSR count). The molecule has 1 fully saturated rings. The third kappa shape index (κ3) is 6.40. The Balaban J connectivity index is 1.80. The molecule has 25 heavy (non-hydrogen) atoms. The molecule has 1 aromatic carbocycles. The summed E-state index contributed by atoms with van der Waals surface area (Å²) in [5.74, 6) is 1.29. The van der Waals surface area contributed by atoms with Crippen LogP contribution in [-0.2, 0) is 11.3 Å². The van der Waals surface area contributed by atoms with E-state index in [2.05, 4.69) is 5.32 Å². The van der Waals surface area contributed by atoms with Gasteiger partial charge in [-0.05, 0) is 58.2 Å². The lowest BCUT2D eigenvalue weighted by Crippen LogP contribution is -2.36. The highest BCUT2D eigenvalue weighted by molar-refractivity contribution is 6.30. The largest absolute Gasteiger partial charge is 0.494 e. The summed E-state index contributed by atoms with van der Waals surface area (Å²) in [5, 5.41) is 4.17. The van der Waals surface area contributed by atoms with Gasteiger partial charge in [0.15, 0.2) is 0 Å². The van der Waals surface area contributed by atoms with Crippen molar-refractivity contribution in [3.8, 4) is 5.75 Å². The van der Waals surface area contributed by atoms with Crippen LogP contribution in [0.4, 0.5) is 4.79 Å². The van der Waals surface area contributed by atoms with Crippen LogP contribution in [0.2, 0.25) is 5.02 Å². The maximum Gasteiger partial charge on any atom is 0.410 e. The van der Waals surface area contributed by atoms with Crippen LogP contribution in [0.5, 0.6) is 5.75 Å². The molecule has 1 N–H and O–H groups in total. The summed E-state index contributed by atoms with van der Waals surface area (Å²) < 4.78 is 11.1. The Bertz CT molecular complexity index is 587. The quantitative estimate of drug-likeness (QED) is 0.821. The molecule has 1 aromatic rings. The number of carbonyl (C=O) groups excluding carboxylic acids is 1. The number of hydrogen-bond donors (Lipinski definition) is 1. The van der Waals surface area contributed by atoms with Crippen molar-refractivity contribution in [2.45, 2.75) is 46.3 Å². The first kappa shape index (κ1) is 19.9. The molecule has 6 heteroatoms. The van der Waals surface area contributed by atoms with Gasteiger partial charge in [0, 0.05) is 36.8 Å². The van der Waals surface area contributed by atoms with Gasteiger partial charge in [-0.25, -0.2) is 4.79 Å². The lowest BCUT2D eigenvalue weighted by atomic mass is 10.1. The Morgan fingerprint density at radius 2 is 2.16 bits per heavy atom. The fourth-order valence-electron chi connectivity index (χ4n) is 2.89. The van der Waals surface area contributed by atoms with E-state index in [4.69, 9.17) is 21.1 Å². The van der Waals surface area contributed by atoms with Gasteiger partial charge >= 0.3 is 6.09 Å². The van der Waals surface area contributed by atoms with Crippen molar-refractivity contribution in [3.05, 3.63) is 28.8 Å². The topological polar surface area (TPSA) is 50.8 Å². The van der Waals surface area contributed by atoms with Crippen molar-refractivity contribution < 1.29 is 14.3 Å². The van der Waals surface area contributed by atoms with Crippen LogP contribution >= 0.6 is 11.6 Å². The van der Waals surface area contributed by atoms with E-state index in [9.17, 15) is 4.79 Å². The monoisotopic (exact) mass is 368 g/mol. The minimum atomic E-state index is -0.449. The van der Waals surface area contributed by atoms with Crippen molar-refractivity contribution in [2.75, 3.05) is 26.2 Å². The highest BCUT2D eigenvalue weighted by Gasteiger charge is 2.29. The average molecular weight is 369 g/mol. The summed E-state index contributed by atoms with van der Waals surface area (Å²) in [7, 11) is 0. The standard InChI is InChI=1S/C19H29ClN2O3/c1-5-24-17-7-6-16(20)10-15(17)12-21-11-14-8-9-22(13-14)18(23)25-19(2,3)4/h6-7,10,14,21H,5,8-9,11-13H2,1-4H3/t14-/m0/s1. The normalized spacial score (nSPS) is 17.6. The van der Waals surface area contributed by atoms with Gasteiger partial charge in [-0.1, -0.05) is 11.6 Å². The first-order chi connectivity index (χ1) is 11.8. The van der Waals surface area contributed by atoms with Gasteiger partial charge in [0.05, 0.1) is 6.61 Å². The van der Waals surface area contributed by atoms with Crippen LogP contribution in [0.25, 0.3) is 0 Å². The molecule has 0 aliphatic carbocycles. The van der Waals surface area contributed by atoms with Gasteiger partial charge in [-0.2, -0.15) is 0 Å². The molecule has 1 atom stereocenters. The first-order valence-corrected chi connectivity index (χ1v) is 9.26. The SMILES string of the molecule is CCOc1ccc(Cl)cc1CNC[C@@H]1CCN(C(=O)OC(C)(C)C)C1. The third-order valence-electron chi connectivity index (χ3n) is 4.01. The molecule has 0 spiro atoms. The lowest BCUT2D eigenvalue weighted by molar-refractivity contribution is 0.0288. The predicted molar refractivity (Wildman–Crippen MR) is 100 cm³/mol. The molecule has 0 saturated carbocycles. The van der Waals surface area contributed by atoms with Crippen LogP contribution in [-0.4, -0.2) is 42.8 Å². The first-order valence-electron chi connectivity index (χ1n) is 8.88. The minimum absolute atomic E-state index is 0.219. The summed E-state index contributed by atoms with van der Waals surface area (Å²) in [6.07, 6.45) is 0.767. The fraction of sp³-hybridized carbons (Fsp3) is 0.632. The zero-order chi connectivity index (χ0) is 18.4. The molecule has 5 nitrogen and oxygen atoms in total. The van der Waals surface area contributed by atoms with Crippen LogP contribution in [0, 0.1) is 5.92 Å². The summed E-state index contributed by atoms with van der Waals surface area (Å²) in [6.45, 7) is 11.3. The van der Waals surface area contributed by atoms with Gasteiger partial charge in [-0.15, -0.1) is 0 Å². The van der Waals surface area contributed by atoms with Gasteiger partial charge < -0.3 is 19.7 Å². The summed E-state index contributed by atoms with van der Waals surface area (Å²) >= 11 is 6.09. The van der Waals surface area contributed by atoms with Gasteiger partial charge in [0.1, 0.15) is 11.4 Å². The predicted octanol–water partition coefficient (Wildman–Crippen LogP) is 4.09. The number of nitrogens with zero attached hydrogens (tertiary/aromatic N) is 1. The molecule has 0 bridgehead atoms. The van der Waals surface area contributed by atoms with E-state index in [1.165, 1.54) is 0 Å². The maximum absolute atomic E-state index is 12.1. The molecule has 0 aromatic heterocycles. The van der Waals surface area contributed by atoms with Crippen LogP contribution in [0.1, 0.15) is 39.7 Å². The van der Waals surface area contributed by atoms with E-state index in [1.807, 2.05) is 45.9 Å². The third-order valence-corrected chi connectivity index (χ3v) is 4.24. The van der Waals surface area contributed by atoms with Gasteiger partial charge in [-0.3, -0.25) is 0 Å². The second-order valence-electron chi connectivity index (χ2n) is 7.40. The van der Waals surface area contributed by atoms with E-state index in [1.54, 1.807) is 4.90 Å². The fourth-order valence-corrected chi connectivity index (χ4v) is 3.08. The summed E-state index contributed by atoms with van der Waals surface area (Å²) in [6, 6.07) is 5.68. The smallest absolute Gasteiger partial charge is 0.410 e. The van der Waals surface area contributed by atoms with E-state index in [0.29, 0.717) is 24.1 Å².